The SMILES string of the molecule is CCC(C)OCC(=O)Nc1cc(C(=O)O)cc(S(C)(=O)=O)c1. The zero-order chi connectivity index (χ0) is 16.9. The van der Waals surface area contributed by atoms with Gasteiger partial charge < -0.3 is 15.2 Å². The van der Waals surface area contributed by atoms with Crippen molar-refractivity contribution in [2.75, 3.05) is 18.2 Å². The van der Waals surface area contributed by atoms with Crippen LogP contribution in [0.15, 0.2) is 23.1 Å². The number of aromatic carboxylic acids is 1. The molecule has 0 heterocycles. The lowest BCUT2D eigenvalue weighted by Gasteiger charge is -2.12. The number of carbonyl (C=O) groups is 2. The first-order valence-corrected chi connectivity index (χ1v) is 8.52. The minimum Gasteiger partial charge on any atom is -0.478 e. The number of nitrogens with one attached hydrogen (secondary N) is 1. The van der Waals surface area contributed by atoms with E-state index < -0.39 is 21.7 Å². The minimum atomic E-state index is -3.59. The zero-order valence-electron chi connectivity index (χ0n) is 12.6. The standard InChI is InChI=1S/C14H19NO6S/c1-4-9(2)21-8-13(16)15-11-5-10(14(17)18)6-12(7-11)22(3,19)20/h5-7,9H,4,8H2,1-3H3,(H,15,16)(H,17,18). The van der Waals surface area contributed by atoms with Crippen molar-refractivity contribution in [1.29, 1.82) is 0 Å². The molecule has 0 radical (unpaired) electrons. The Morgan fingerprint density at radius 1 is 1.32 bits per heavy atom. The molecule has 0 aliphatic carbocycles. The van der Waals surface area contributed by atoms with Crippen LogP contribution in [-0.4, -0.2) is 44.4 Å². The first kappa shape index (κ1) is 18.1. The van der Waals surface area contributed by atoms with E-state index in [2.05, 4.69) is 5.32 Å². The molecule has 1 unspecified atom stereocenters. The number of amides is 1. The van der Waals surface area contributed by atoms with Crippen molar-refractivity contribution in [3.05, 3.63) is 23.8 Å². The maximum Gasteiger partial charge on any atom is 0.335 e. The Hall–Kier alpha value is -1.93. The topological polar surface area (TPSA) is 110 Å². The molecular formula is C14H19NO6S. The molecule has 0 saturated carbocycles. The minimum absolute atomic E-state index is 0.0808. The fourth-order valence-electron chi connectivity index (χ4n) is 1.54. The molecule has 7 nitrogen and oxygen atoms in total. The molecule has 0 fully saturated rings. The molecule has 0 bridgehead atoms. The van der Waals surface area contributed by atoms with Crippen molar-refractivity contribution < 1.29 is 27.9 Å². The Morgan fingerprint density at radius 3 is 2.45 bits per heavy atom. The van der Waals surface area contributed by atoms with Crippen LogP contribution in [0.3, 0.4) is 0 Å². The summed E-state index contributed by atoms with van der Waals surface area (Å²) in [6, 6.07) is 3.45. The van der Waals surface area contributed by atoms with E-state index in [1.165, 1.54) is 12.1 Å². The Balaban J connectivity index is 2.97. The second kappa shape index (κ2) is 7.37. The van der Waals surface area contributed by atoms with Gasteiger partial charge in [-0.2, -0.15) is 0 Å². The van der Waals surface area contributed by atoms with Gasteiger partial charge >= 0.3 is 5.97 Å². The van der Waals surface area contributed by atoms with E-state index in [1.54, 1.807) is 0 Å². The third-order valence-electron chi connectivity index (χ3n) is 2.94. The average molecular weight is 329 g/mol. The molecule has 0 spiro atoms. The molecule has 1 aromatic carbocycles. The normalized spacial score (nSPS) is 12.7. The van der Waals surface area contributed by atoms with Gasteiger partial charge in [-0.3, -0.25) is 4.79 Å². The van der Waals surface area contributed by atoms with E-state index in [-0.39, 0.29) is 28.9 Å². The van der Waals surface area contributed by atoms with Gasteiger partial charge in [0.25, 0.3) is 0 Å². The van der Waals surface area contributed by atoms with Crippen LogP contribution in [0.5, 0.6) is 0 Å². The van der Waals surface area contributed by atoms with Crippen LogP contribution in [0.2, 0.25) is 0 Å². The van der Waals surface area contributed by atoms with Gasteiger partial charge in [0, 0.05) is 11.9 Å². The third kappa shape index (κ3) is 5.45. The predicted molar refractivity (Wildman–Crippen MR) is 80.8 cm³/mol. The maximum atomic E-state index is 11.7. The monoisotopic (exact) mass is 329 g/mol. The van der Waals surface area contributed by atoms with E-state index in [0.717, 1.165) is 18.7 Å². The van der Waals surface area contributed by atoms with Crippen LogP contribution in [0.4, 0.5) is 5.69 Å². The summed E-state index contributed by atoms with van der Waals surface area (Å²) in [4.78, 5) is 22.6. The maximum absolute atomic E-state index is 11.7. The van der Waals surface area contributed by atoms with Crippen LogP contribution in [0.1, 0.15) is 30.6 Å². The Morgan fingerprint density at radius 2 is 1.95 bits per heavy atom. The molecule has 2 N–H and O–H groups in total. The lowest BCUT2D eigenvalue weighted by molar-refractivity contribution is -0.122. The van der Waals surface area contributed by atoms with Crippen molar-refractivity contribution in [2.45, 2.75) is 31.3 Å². The highest BCUT2D eigenvalue weighted by molar-refractivity contribution is 7.90. The fraction of sp³-hybridized carbons (Fsp3) is 0.429. The smallest absolute Gasteiger partial charge is 0.335 e. The van der Waals surface area contributed by atoms with Crippen LogP contribution in [0, 0.1) is 0 Å². The summed E-state index contributed by atoms with van der Waals surface area (Å²) in [6.45, 7) is 3.54. The van der Waals surface area contributed by atoms with Crippen LogP contribution in [0.25, 0.3) is 0 Å². The first-order chi connectivity index (χ1) is 10.1. The summed E-state index contributed by atoms with van der Waals surface area (Å²) in [5, 5.41) is 11.4. The molecule has 1 amide bonds. The van der Waals surface area contributed by atoms with Crippen LogP contribution in [-0.2, 0) is 19.4 Å². The third-order valence-corrected chi connectivity index (χ3v) is 4.03. The Bertz CT molecular complexity index is 668. The quantitative estimate of drug-likeness (QED) is 0.785. The number of carboxylic acid groups (broad SMARTS) is 1. The molecule has 1 aromatic rings. The second-order valence-corrected chi connectivity index (χ2v) is 6.92. The molecule has 0 aromatic heterocycles. The molecule has 0 aliphatic heterocycles. The first-order valence-electron chi connectivity index (χ1n) is 6.63. The van der Waals surface area contributed by atoms with Crippen LogP contribution < -0.4 is 5.32 Å². The van der Waals surface area contributed by atoms with Gasteiger partial charge in [-0.05, 0) is 31.5 Å². The zero-order valence-corrected chi connectivity index (χ0v) is 13.4. The highest BCUT2D eigenvalue weighted by Crippen LogP contribution is 2.19. The number of carboxylic acids is 1. The molecule has 8 heteroatoms. The van der Waals surface area contributed by atoms with Gasteiger partial charge in [0.05, 0.1) is 16.6 Å². The lowest BCUT2D eigenvalue weighted by atomic mass is 10.2. The summed E-state index contributed by atoms with van der Waals surface area (Å²) in [5.41, 5.74) is -0.126. The van der Waals surface area contributed by atoms with Gasteiger partial charge in [0.15, 0.2) is 9.84 Å². The van der Waals surface area contributed by atoms with Crippen molar-refractivity contribution in [3.63, 3.8) is 0 Å². The number of ether oxygens (including phenoxy) is 1. The van der Waals surface area contributed by atoms with Gasteiger partial charge in [-0.15, -0.1) is 0 Å². The number of benzene rings is 1. The highest BCUT2D eigenvalue weighted by Gasteiger charge is 2.15. The lowest BCUT2D eigenvalue weighted by Crippen LogP contribution is -2.22. The van der Waals surface area contributed by atoms with Gasteiger partial charge in [0.2, 0.25) is 5.91 Å². The predicted octanol–water partition coefficient (Wildman–Crippen LogP) is 1.54. The number of sulfone groups is 1. The van der Waals surface area contributed by atoms with Crippen LogP contribution >= 0.6 is 0 Å². The van der Waals surface area contributed by atoms with E-state index >= 15 is 0 Å². The van der Waals surface area contributed by atoms with E-state index in [4.69, 9.17) is 9.84 Å². The second-order valence-electron chi connectivity index (χ2n) is 4.90. The molecule has 122 valence electrons. The summed E-state index contributed by atoms with van der Waals surface area (Å²) in [5.74, 6) is -1.76. The molecule has 0 saturated heterocycles. The van der Waals surface area contributed by atoms with Gasteiger partial charge in [-0.1, -0.05) is 6.92 Å². The average Bonchev–Trinajstić information content (AvgIpc) is 2.43. The van der Waals surface area contributed by atoms with Gasteiger partial charge in [-0.25, -0.2) is 13.2 Å². The van der Waals surface area contributed by atoms with Crippen molar-refractivity contribution >= 4 is 27.4 Å². The number of anilines is 1. The number of hydrogen-bond acceptors (Lipinski definition) is 5. The summed E-state index contributed by atoms with van der Waals surface area (Å²) < 4.78 is 28.4. The summed E-state index contributed by atoms with van der Waals surface area (Å²) in [7, 11) is -3.59. The van der Waals surface area contributed by atoms with E-state index in [9.17, 15) is 18.0 Å². The fourth-order valence-corrected chi connectivity index (χ4v) is 2.22. The molecular weight excluding hydrogens is 310 g/mol. The van der Waals surface area contributed by atoms with Crippen molar-refractivity contribution in [3.8, 4) is 0 Å². The Labute approximate surface area is 129 Å². The molecule has 22 heavy (non-hydrogen) atoms. The van der Waals surface area contributed by atoms with Crippen molar-refractivity contribution in [2.24, 2.45) is 0 Å². The number of rotatable bonds is 7. The molecule has 1 rings (SSSR count). The largest absolute Gasteiger partial charge is 0.478 e. The summed E-state index contributed by atoms with van der Waals surface area (Å²) >= 11 is 0. The number of hydrogen-bond donors (Lipinski definition) is 2. The van der Waals surface area contributed by atoms with E-state index in [1.807, 2.05) is 13.8 Å². The summed E-state index contributed by atoms with van der Waals surface area (Å²) in [6.07, 6.45) is 1.63. The van der Waals surface area contributed by atoms with E-state index in [0.29, 0.717) is 0 Å². The Kier molecular flexibility index (Phi) is 6.07. The molecule has 0 aliphatic rings. The molecule has 1 atom stereocenters. The highest BCUT2D eigenvalue weighted by atomic mass is 32.2. The number of carbonyl (C=O) groups excluding carboxylic acids is 1. The van der Waals surface area contributed by atoms with Gasteiger partial charge in [0.1, 0.15) is 6.61 Å². The van der Waals surface area contributed by atoms with Crippen molar-refractivity contribution in [1.82, 2.24) is 0 Å².